The number of ether oxygens (including phenoxy) is 1. The number of morpholine rings is 1. The number of hydrogen-bond donors (Lipinski definition) is 1. The van der Waals surface area contributed by atoms with Gasteiger partial charge in [0.25, 0.3) is 0 Å². The molecule has 0 amide bonds. The van der Waals surface area contributed by atoms with Crippen molar-refractivity contribution in [1.29, 1.82) is 0 Å². The topological polar surface area (TPSA) is 37.4 Å². The van der Waals surface area contributed by atoms with E-state index in [4.69, 9.17) is 4.74 Å². The van der Waals surface area contributed by atoms with Gasteiger partial charge in [-0.1, -0.05) is 6.08 Å². The first-order valence-corrected chi connectivity index (χ1v) is 8.14. The first-order valence-electron chi connectivity index (χ1n) is 8.14. The maximum absolute atomic E-state index is 5.45. The predicted molar refractivity (Wildman–Crippen MR) is 84.4 cm³/mol. The van der Waals surface area contributed by atoms with Gasteiger partial charge in [-0.3, -0.25) is 4.90 Å². The van der Waals surface area contributed by atoms with Crippen molar-refractivity contribution < 1.29 is 4.74 Å². The number of aromatic nitrogens is 1. The van der Waals surface area contributed by atoms with Crippen molar-refractivity contribution in [3.63, 3.8) is 0 Å². The van der Waals surface area contributed by atoms with Gasteiger partial charge < -0.3 is 10.1 Å². The SMILES string of the molecule is C1=C(c2cnc3c(c2)CCN3)CCC(N2CCOCC2)C1. The van der Waals surface area contributed by atoms with E-state index in [0.29, 0.717) is 6.04 Å². The Hall–Kier alpha value is -1.39. The fraction of sp³-hybridized carbons (Fsp3) is 0.588. The van der Waals surface area contributed by atoms with Crippen LogP contribution in [-0.4, -0.2) is 48.8 Å². The van der Waals surface area contributed by atoms with Crippen LogP contribution in [0.25, 0.3) is 5.57 Å². The van der Waals surface area contributed by atoms with E-state index < -0.39 is 0 Å². The first kappa shape index (κ1) is 13.3. The molecule has 2 aliphatic heterocycles. The van der Waals surface area contributed by atoms with Crippen molar-refractivity contribution in [2.75, 3.05) is 38.2 Å². The van der Waals surface area contributed by atoms with Crippen LogP contribution < -0.4 is 5.32 Å². The van der Waals surface area contributed by atoms with Crippen molar-refractivity contribution in [1.82, 2.24) is 9.88 Å². The lowest BCUT2D eigenvalue weighted by Crippen LogP contribution is -2.43. The van der Waals surface area contributed by atoms with Crippen molar-refractivity contribution >= 4 is 11.4 Å². The van der Waals surface area contributed by atoms with Crippen molar-refractivity contribution in [3.05, 3.63) is 29.5 Å². The van der Waals surface area contributed by atoms with Crippen LogP contribution in [0.1, 0.15) is 30.4 Å². The van der Waals surface area contributed by atoms with Gasteiger partial charge in [0, 0.05) is 31.9 Å². The van der Waals surface area contributed by atoms with Crippen LogP contribution in [0.2, 0.25) is 0 Å². The minimum Gasteiger partial charge on any atom is -0.379 e. The zero-order valence-corrected chi connectivity index (χ0v) is 12.5. The highest BCUT2D eigenvalue weighted by Gasteiger charge is 2.24. The molecule has 1 aromatic rings. The van der Waals surface area contributed by atoms with Gasteiger partial charge >= 0.3 is 0 Å². The maximum atomic E-state index is 5.45. The maximum Gasteiger partial charge on any atom is 0.129 e. The van der Waals surface area contributed by atoms with Gasteiger partial charge in [0.2, 0.25) is 0 Å². The minimum absolute atomic E-state index is 0.710. The Labute approximate surface area is 126 Å². The second-order valence-electron chi connectivity index (χ2n) is 6.21. The third-order valence-electron chi connectivity index (χ3n) is 4.97. The van der Waals surface area contributed by atoms with Crippen LogP contribution in [0, 0.1) is 0 Å². The average Bonchev–Trinajstić information content (AvgIpc) is 3.03. The predicted octanol–water partition coefficient (Wildman–Crippen LogP) is 2.32. The number of pyridine rings is 1. The zero-order valence-electron chi connectivity index (χ0n) is 12.5. The van der Waals surface area contributed by atoms with E-state index in [-0.39, 0.29) is 0 Å². The van der Waals surface area contributed by atoms with Crippen LogP contribution in [0.15, 0.2) is 18.3 Å². The molecule has 112 valence electrons. The molecule has 3 heterocycles. The Balaban J connectivity index is 1.46. The summed E-state index contributed by atoms with van der Waals surface area (Å²) in [6.45, 7) is 5.02. The molecule has 4 rings (SSSR count). The van der Waals surface area contributed by atoms with E-state index in [0.717, 1.165) is 45.1 Å². The largest absolute Gasteiger partial charge is 0.379 e. The highest BCUT2D eigenvalue weighted by molar-refractivity contribution is 5.68. The van der Waals surface area contributed by atoms with Crippen LogP contribution in [0.4, 0.5) is 5.82 Å². The summed E-state index contributed by atoms with van der Waals surface area (Å²) in [4.78, 5) is 7.16. The molecule has 1 aliphatic carbocycles. The van der Waals surface area contributed by atoms with Crippen molar-refractivity contribution in [2.45, 2.75) is 31.7 Å². The fourth-order valence-corrected chi connectivity index (χ4v) is 3.71. The molecule has 4 nitrogen and oxygen atoms in total. The normalized spacial score (nSPS) is 26.1. The number of anilines is 1. The molecular formula is C17H23N3O. The molecule has 0 aromatic carbocycles. The molecule has 0 radical (unpaired) electrons. The fourth-order valence-electron chi connectivity index (χ4n) is 3.71. The Morgan fingerprint density at radius 2 is 2.14 bits per heavy atom. The Morgan fingerprint density at radius 3 is 2.95 bits per heavy atom. The molecule has 3 aliphatic rings. The quantitative estimate of drug-likeness (QED) is 0.905. The molecule has 0 saturated carbocycles. The number of hydrogen-bond acceptors (Lipinski definition) is 4. The molecule has 0 spiro atoms. The van der Waals surface area contributed by atoms with Crippen LogP contribution in [0.5, 0.6) is 0 Å². The third kappa shape index (κ3) is 2.70. The van der Waals surface area contributed by atoms with E-state index >= 15 is 0 Å². The van der Waals surface area contributed by atoms with E-state index in [1.54, 1.807) is 0 Å². The summed E-state index contributed by atoms with van der Waals surface area (Å²) in [5.41, 5.74) is 4.20. The summed E-state index contributed by atoms with van der Waals surface area (Å²) < 4.78 is 5.45. The second-order valence-corrected chi connectivity index (χ2v) is 6.21. The van der Waals surface area contributed by atoms with Gasteiger partial charge in [0.1, 0.15) is 5.82 Å². The minimum atomic E-state index is 0.710. The lowest BCUT2D eigenvalue weighted by atomic mass is 9.90. The Morgan fingerprint density at radius 1 is 1.24 bits per heavy atom. The Bertz CT molecular complexity index is 549. The number of fused-ring (bicyclic) bond motifs is 1. The van der Waals surface area contributed by atoms with Gasteiger partial charge in [-0.25, -0.2) is 4.98 Å². The standard InChI is InChI=1S/C17H23N3O/c1-3-16(20-7-9-21-10-8-20)4-2-13(1)15-11-14-5-6-18-17(14)19-12-15/h1,11-12,16H,2-10H2,(H,18,19). The summed E-state index contributed by atoms with van der Waals surface area (Å²) in [5, 5.41) is 3.33. The van der Waals surface area contributed by atoms with Crippen LogP contribution >= 0.6 is 0 Å². The summed E-state index contributed by atoms with van der Waals surface area (Å²) >= 11 is 0. The lowest BCUT2D eigenvalue weighted by Gasteiger charge is -2.36. The van der Waals surface area contributed by atoms with E-state index in [1.165, 1.54) is 36.0 Å². The lowest BCUT2D eigenvalue weighted by molar-refractivity contribution is 0.0150. The second kappa shape index (κ2) is 5.78. The molecule has 0 bridgehead atoms. The molecule has 4 heteroatoms. The van der Waals surface area contributed by atoms with E-state index in [2.05, 4.69) is 27.3 Å². The van der Waals surface area contributed by atoms with Gasteiger partial charge in [0.15, 0.2) is 0 Å². The molecule has 1 N–H and O–H groups in total. The summed E-state index contributed by atoms with van der Waals surface area (Å²) in [5.74, 6) is 1.08. The average molecular weight is 285 g/mol. The highest BCUT2D eigenvalue weighted by Crippen LogP contribution is 2.31. The monoisotopic (exact) mass is 285 g/mol. The molecular weight excluding hydrogens is 262 g/mol. The summed E-state index contributed by atoms with van der Waals surface area (Å²) in [6, 6.07) is 3.05. The molecule has 1 fully saturated rings. The number of nitrogens with zero attached hydrogens (tertiary/aromatic N) is 2. The van der Waals surface area contributed by atoms with E-state index in [1.807, 2.05) is 6.20 Å². The zero-order chi connectivity index (χ0) is 14.1. The van der Waals surface area contributed by atoms with Gasteiger partial charge in [-0.2, -0.15) is 0 Å². The highest BCUT2D eigenvalue weighted by atomic mass is 16.5. The number of nitrogens with one attached hydrogen (secondary N) is 1. The van der Waals surface area contributed by atoms with Gasteiger partial charge in [0.05, 0.1) is 13.2 Å². The number of rotatable bonds is 2. The smallest absolute Gasteiger partial charge is 0.129 e. The molecule has 1 unspecified atom stereocenters. The first-order chi connectivity index (χ1) is 10.4. The summed E-state index contributed by atoms with van der Waals surface area (Å²) in [7, 11) is 0. The van der Waals surface area contributed by atoms with Crippen LogP contribution in [-0.2, 0) is 11.2 Å². The van der Waals surface area contributed by atoms with E-state index in [9.17, 15) is 0 Å². The van der Waals surface area contributed by atoms with Gasteiger partial charge in [-0.15, -0.1) is 0 Å². The van der Waals surface area contributed by atoms with Crippen molar-refractivity contribution in [3.8, 4) is 0 Å². The molecule has 1 aromatic heterocycles. The molecule has 21 heavy (non-hydrogen) atoms. The number of allylic oxidation sites excluding steroid dienone is 1. The summed E-state index contributed by atoms with van der Waals surface area (Å²) in [6.07, 6.45) is 9.20. The van der Waals surface area contributed by atoms with Gasteiger partial charge in [-0.05, 0) is 48.4 Å². The molecule has 1 atom stereocenters. The third-order valence-corrected chi connectivity index (χ3v) is 4.97. The van der Waals surface area contributed by atoms with Crippen molar-refractivity contribution in [2.24, 2.45) is 0 Å². The Kier molecular flexibility index (Phi) is 3.65. The molecule has 1 saturated heterocycles. The van der Waals surface area contributed by atoms with Crippen LogP contribution in [0.3, 0.4) is 0 Å².